The van der Waals surface area contributed by atoms with Crippen molar-refractivity contribution in [2.75, 3.05) is 0 Å². The Bertz CT molecular complexity index is 671. The van der Waals surface area contributed by atoms with E-state index < -0.39 is 12.1 Å². The molecule has 3 nitrogen and oxygen atoms in total. The molecule has 1 amide bonds. The van der Waals surface area contributed by atoms with Crippen molar-refractivity contribution in [2.45, 2.75) is 25.0 Å². The molecule has 0 radical (unpaired) electrons. The molecule has 21 heavy (non-hydrogen) atoms. The van der Waals surface area contributed by atoms with Crippen molar-refractivity contribution in [3.63, 3.8) is 0 Å². The topological polar surface area (TPSA) is 49.3 Å². The van der Waals surface area contributed by atoms with Gasteiger partial charge in [0, 0.05) is 6.42 Å². The van der Waals surface area contributed by atoms with Crippen molar-refractivity contribution in [1.82, 2.24) is 5.32 Å². The molecular weight excluding hydrogens is 269 g/mol. The highest BCUT2D eigenvalue weighted by Gasteiger charge is 2.31. The van der Waals surface area contributed by atoms with Crippen LogP contribution in [0.15, 0.2) is 48.5 Å². The largest absolute Gasteiger partial charge is 0.390 e. The summed E-state index contributed by atoms with van der Waals surface area (Å²) in [4.78, 5) is 12.1. The van der Waals surface area contributed by atoms with Crippen molar-refractivity contribution in [2.24, 2.45) is 0 Å². The van der Waals surface area contributed by atoms with Gasteiger partial charge < -0.3 is 10.4 Å². The van der Waals surface area contributed by atoms with Crippen LogP contribution in [0.4, 0.5) is 4.39 Å². The highest BCUT2D eigenvalue weighted by atomic mass is 19.1. The Balaban J connectivity index is 1.72. The lowest BCUT2D eigenvalue weighted by atomic mass is 10.1. The van der Waals surface area contributed by atoms with Gasteiger partial charge in [-0.3, -0.25) is 4.79 Å². The van der Waals surface area contributed by atoms with Gasteiger partial charge in [-0.15, -0.1) is 0 Å². The van der Waals surface area contributed by atoms with Crippen molar-refractivity contribution < 1.29 is 14.3 Å². The number of rotatable bonds is 3. The minimum absolute atomic E-state index is 0.0297. The van der Waals surface area contributed by atoms with Gasteiger partial charge in [0.05, 0.1) is 18.6 Å². The smallest absolute Gasteiger partial charge is 0.225 e. The third-order valence-electron chi connectivity index (χ3n) is 3.83. The van der Waals surface area contributed by atoms with E-state index in [-0.39, 0.29) is 18.1 Å². The van der Waals surface area contributed by atoms with Gasteiger partial charge in [-0.25, -0.2) is 4.39 Å². The normalized spacial score (nSPS) is 20.1. The SMILES string of the molecule is O=C(Cc1ccccc1F)N[C@H]1c2ccccc2C[C@H]1O. The summed E-state index contributed by atoms with van der Waals surface area (Å²) in [6.45, 7) is 0. The van der Waals surface area contributed by atoms with Crippen molar-refractivity contribution in [3.8, 4) is 0 Å². The van der Waals surface area contributed by atoms with E-state index in [0.717, 1.165) is 11.1 Å². The van der Waals surface area contributed by atoms with Gasteiger partial charge in [0.15, 0.2) is 0 Å². The number of halogens is 1. The molecule has 0 bridgehead atoms. The number of hydrogen-bond acceptors (Lipinski definition) is 2. The van der Waals surface area contributed by atoms with E-state index in [0.29, 0.717) is 12.0 Å². The Morgan fingerprint density at radius 2 is 1.90 bits per heavy atom. The second-order valence-electron chi connectivity index (χ2n) is 5.28. The summed E-state index contributed by atoms with van der Waals surface area (Å²) in [7, 11) is 0. The zero-order valence-electron chi connectivity index (χ0n) is 11.4. The van der Waals surface area contributed by atoms with E-state index in [1.54, 1.807) is 18.2 Å². The van der Waals surface area contributed by atoms with E-state index in [4.69, 9.17) is 0 Å². The highest BCUT2D eigenvalue weighted by molar-refractivity contribution is 5.79. The Hall–Kier alpha value is -2.20. The summed E-state index contributed by atoms with van der Waals surface area (Å²) < 4.78 is 13.5. The number of fused-ring (bicyclic) bond motifs is 1. The molecule has 2 N–H and O–H groups in total. The lowest BCUT2D eigenvalue weighted by Crippen LogP contribution is -2.34. The zero-order valence-corrected chi connectivity index (χ0v) is 11.4. The number of aliphatic hydroxyl groups excluding tert-OH is 1. The first kappa shape index (κ1) is 13.8. The molecular formula is C17H16FNO2. The maximum Gasteiger partial charge on any atom is 0.225 e. The predicted octanol–water partition coefficient (Wildman–Crippen LogP) is 2.14. The summed E-state index contributed by atoms with van der Waals surface area (Å²) in [6.07, 6.45) is -0.134. The summed E-state index contributed by atoms with van der Waals surface area (Å²) >= 11 is 0. The second-order valence-corrected chi connectivity index (χ2v) is 5.28. The molecule has 0 fully saturated rings. The van der Waals surface area contributed by atoms with Crippen LogP contribution in [0.1, 0.15) is 22.7 Å². The van der Waals surface area contributed by atoms with Crippen molar-refractivity contribution in [3.05, 3.63) is 71.0 Å². The van der Waals surface area contributed by atoms with Crippen LogP contribution in [0.25, 0.3) is 0 Å². The Morgan fingerprint density at radius 1 is 1.19 bits per heavy atom. The molecule has 3 rings (SSSR count). The maximum atomic E-state index is 13.5. The van der Waals surface area contributed by atoms with Crippen LogP contribution in [0.5, 0.6) is 0 Å². The molecule has 1 aliphatic rings. The number of benzene rings is 2. The van der Waals surface area contributed by atoms with Gasteiger partial charge >= 0.3 is 0 Å². The number of aliphatic hydroxyl groups is 1. The Morgan fingerprint density at radius 3 is 2.71 bits per heavy atom. The molecule has 2 aromatic carbocycles. The van der Waals surface area contributed by atoms with Crippen LogP contribution >= 0.6 is 0 Å². The van der Waals surface area contributed by atoms with E-state index in [1.807, 2.05) is 24.3 Å². The molecule has 0 spiro atoms. The lowest BCUT2D eigenvalue weighted by Gasteiger charge is -2.18. The van der Waals surface area contributed by atoms with Crippen LogP contribution in [-0.2, 0) is 17.6 Å². The van der Waals surface area contributed by atoms with Gasteiger partial charge in [-0.1, -0.05) is 42.5 Å². The second kappa shape index (κ2) is 5.66. The van der Waals surface area contributed by atoms with Gasteiger partial charge in [-0.2, -0.15) is 0 Å². The van der Waals surface area contributed by atoms with Crippen LogP contribution in [0.3, 0.4) is 0 Å². The maximum absolute atomic E-state index is 13.5. The van der Waals surface area contributed by atoms with Gasteiger partial charge in [0.1, 0.15) is 5.82 Å². The molecule has 2 atom stereocenters. The summed E-state index contributed by atoms with van der Waals surface area (Å²) in [6, 6.07) is 13.4. The first-order valence-electron chi connectivity index (χ1n) is 6.94. The summed E-state index contributed by atoms with van der Waals surface area (Å²) in [5, 5.41) is 12.9. The monoisotopic (exact) mass is 285 g/mol. The molecule has 0 aliphatic heterocycles. The predicted molar refractivity (Wildman–Crippen MR) is 77.1 cm³/mol. The molecule has 0 saturated carbocycles. The third kappa shape index (κ3) is 2.81. The molecule has 108 valence electrons. The minimum Gasteiger partial charge on any atom is -0.390 e. The first-order valence-corrected chi connectivity index (χ1v) is 6.94. The van der Waals surface area contributed by atoms with Crippen LogP contribution in [-0.4, -0.2) is 17.1 Å². The minimum atomic E-state index is -0.632. The van der Waals surface area contributed by atoms with Crippen molar-refractivity contribution in [1.29, 1.82) is 0 Å². The zero-order chi connectivity index (χ0) is 14.8. The summed E-state index contributed by atoms with van der Waals surface area (Å²) in [5.41, 5.74) is 2.34. The summed E-state index contributed by atoms with van der Waals surface area (Å²) in [5.74, 6) is -0.680. The average molecular weight is 285 g/mol. The molecule has 0 saturated heterocycles. The number of hydrogen-bond donors (Lipinski definition) is 2. The standard InChI is InChI=1S/C17H16FNO2/c18-14-8-4-2-6-12(14)10-16(21)19-17-13-7-3-1-5-11(13)9-15(17)20/h1-8,15,17,20H,9-10H2,(H,19,21)/t15-,17+/m1/s1. The Kier molecular flexibility index (Phi) is 3.71. The van der Waals surface area contributed by atoms with E-state index in [9.17, 15) is 14.3 Å². The van der Waals surface area contributed by atoms with Gasteiger partial charge in [-0.05, 0) is 22.8 Å². The molecule has 2 aromatic rings. The third-order valence-corrected chi connectivity index (χ3v) is 3.83. The van der Waals surface area contributed by atoms with Crippen LogP contribution < -0.4 is 5.32 Å². The molecule has 4 heteroatoms. The molecule has 0 heterocycles. The van der Waals surface area contributed by atoms with E-state index in [1.165, 1.54) is 6.07 Å². The molecule has 1 aliphatic carbocycles. The first-order chi connectivity index (χ1) is 10.1. The fraction of sp³-hybridized carbons (Fsp3) is 0.235. The number of carbonyl (C=O) groups excluding carboxylic acids is 1. The quantitative estimate of drug-likeness (QED) is 0.907. The molecule has 0 aromatic heterocycles. The Labute approximate surface area is 122 Å². The fourth-order valence-electron chi connectivity index (χ4n) is 2.79. The van der Waals surface area contributed by atoms with Crippen LogP contribution in [0.2, 0.25) is 0 Å². The fourth-order valence-corrected chi connectivity index (χ4v) is 2.79. The van der Waals surface area contributed by atoms with E-state index in [2.05, 4.69) is 5.32 Å². The van der Waals surface area contributed by atoms with Crippen LogP contribution in [0, 0.1) is 5.82 Å². The number of nitrogens with one attached hydrogen (secondary N) is 1. The number of carbonyl (C=O) groups is 1. The van der Waals surface area contributed by atoms with E-state index >= 15 is 0 Å². The van der Waals surface area contributed by atoms with Crippen molar-refractivity contribution >= 4 is 5.91 Å². The van der Waals surface area contributed by atoms with Gasteiger partial charge in [0.25, 0.3) is 0 Å². The number of amides is 1. The average Bonchev–Trinajstić information content (AvgIpc) is 2.78. The van der Waals surface area contributed by atoms with Gasteiger partial charge in [0.2, 0.25) is 5.91 Å². The lowest BCUT2D eigenvalue weighted by molar-refractivity contribution is -0.122. The molecule has 0 unspecified atom stereocenters. The highest BCUT2D eigenvalue weighted by Crippen LogP contribution is 2.31.